The Morgan fingerprint density at radius 3 is 1.71 bits per heavy atom. The lowest BCUT2D eigenvalue weighted by molar-refractivity contribution is 0.669. The molecule has 2 aromatic heterocycles. The minimum Gasteiger partial charge on any atom is -0.455 e. The minimum atomic E-state index is 0.856. The highest BCUT2D eigenvalue weighted by Gasteiger charge is 2.22. The summed E-state index contributed by atoms with van der Waals surface area (Å²) >= 11 is 0. The third kappa shape index (κ3) is 4.37. The van der Waals surface area contributed by atoms with E-state index in [1.807, 2.05) is 12.1 Å². The van der Waals surface area contributed by atoms with Gasteiger partial charge in [0, 0.05) is 44.0 Å². The number of hydrogen-bond donors (Lipinski definition) is 0. The molecule has 0 radical (unpaired) electrons. The molecule has 0 saturated heterocycles. The van der Waals surface area contributed by atoms with E-state index in [1.54, 1.807) is 0 Å². The topological polar surface area (TPSA) is 29.5 Å². The van der Waals surface area contributed by atoms with Gasteiger partial charge in [-0.3, -0.25) is 0 Å². The van der Waals surface area contributed by atoms with E-state index in [2.05, 4.69) is 169 Å². The van der Waals surface area contributed by atoms with Crippen LogP contribution in [-0.2, 0) is 0 Å². The Labute approximate surface area is 282 Å². The van der Waals surface area contributed by atoms with Gasteiger partial charge in [-0.15, -0.1) is 0 Å². The third-order valence-corrected chi connectivity index (χ3v) is 9.65. The van der Waals surface area contributed by atoms with Crippen molar-refractivity contribution < 1.29 is 8.83 Å². The molecule has 10 aromatic rings. The second-order valence-electron chi connectivity index (χ2n) is 12.5. The molecule has 0 unspecified atom stereocenters. The van der Waals surface area contributed by atoms with E-state index in [9.17, 15) is 0 Å². The first kappa shape index (κ1) is 27.5. The molecule has 0 spiro atoms. The number of hydrogen-bond acceptors (Lipinski definition) is 3. The van der Waals surface area contributed by atoms with Gasteiger partial charge >= 0.3 is 0 Å². The first-order valence-electron chi connectivity index (χ1n) is 16.6. The predicted molar refractivity (Wildman–Crippen MR) is 204 cm³/mol. The highest BCUT2D eigenvalue weighted by atomic mass is 16.3. The van der Waals surface area contributed by atoms with Gasteiger partial charge in [0.05, 0.1) is 5.69 Å². The van der Waals surface area contributed by atoms with Crippen LogP contribution in [0.1, 0.15) is 0 Å². The average molecular weight is 628 g/mol. The largest absolute Gasteiger partial charge is 0.455 e. The fraction of sp³-hybridized carbons (Fsp3) is 0. The summed E-state index contributed by atoms with van der Waals surface area (Å²) in [5.41, 5.74) is 11.1. The van der Waals surface area contributed by atoms with E-state index < -0.39 is 0 Å². The number of nitrogens with zero attached hydrogens (tertiary/aromatic N) is 1. The Bertz CT molecular complexity index is 2770. The molecule has 8 aromatic carbocycles. The summed E-state index contributed by atoms with van der Waals surface area (Å²) in [5, 5.41) is 6.79. The molecule has 0 saturated carbocycles. The van der Waals surface area contributed by atoms with Crippen molar-refractivity contribution in [2.24, 2.45) is 0 Å². The van der Waals surface area contributed by atoms with Crippen molar-refractivity contribution in [2.45, 2.75) is 0 Å². The van der Waals surface area contributed by atoms with Crippen molar-refractivity contribution in [3.63, 3.8) is 0 Å². The average Bonchev–Trinajstić information content (AvgIpc) is 3.74. The number of anilines is 3. The zero-order chi connectivity index (χ0) is 32.3. The highest BCUT2D eigenvalue weighted by Crippen LogP contribution is 2.46. The SMILES string of the molecule is c1ccc(N(c2ccccc2)c2cccc3c2oc2c(-c4ccc(-c5cccc6c5oc5ccccc56)cc4)c4ccccc4cc23)cc1. The Kier molecular flexibility index (Phi) is 6.18. The summed E-state index contributed by atoms with van der Waals surface area (Å²) in [5.74, 6) is 0. The normalized spacial score (nSPS) is 11.7. The van der Waals surface area contributed by atoms with Gasteiger partial charge in [0.15, 0.2) is 5.58 Å². The first-order valence-corrected chi connectivity index (χ1v) is 16.6. The van der Waals surface area contributed by atoms with Crippen LogP contribution < -0.4 is 4.90 Å². The number of furan rings is 2. The van der Waals surface area contributed by atoms with Crippen molar-refractivity contribution in [1.82, 2.24) is 0 Å². The number of benzene rings is 8. The van der Waals surface area contributed by atoms with Gasteiger partial charge in [0.1, 0.15) is 16.7 Å². The standard InChI is InChI=1S/C46H29NO2/c1-3-14-33(15-4-1)47(34-16-5-2-6-17-34)41-23-12-22-39-40-29-32-13-7-8-18-35(32)43(46(40)49-45(39)41)31-27-25-30(26-28-31)36-20-11-21-38-37-19-9-10-24-42(37)48-44(36)38/h1-29H. The van der Waals surface area contributed by atoms with Gasteiger partial charge in [-0.25, -0.2) is 0 Å². The van der Waals surface area contributed by atoms with Crippen molar-refractivity contribution >= 4 is 71.7 Å². The van der Waals surface area contributed by atoms with Crippen LogP contribution in [0.4, 0.5) is 17.1 Å². The second-order valence-corrected chi connectivity index (χ2v) is 12.5. The maximum atomic E-state index is 7.05. The van der Waals surface area contributed by atoms with Gasteiger partial charge in [0.2, 0.25) is 0 Å². The minimum absolute atomic E-state index is 0.856. The lowest BCUT2D eigenvalue weighted by Crippen LogP contribution is -2.09. The quantitative estimate of drug-likeness (QED) is 0.190. The maximum Gasteiger partial charge on any atom is 0.159 e. The van der Waals surface area contributed by atoms with E-state index in [1.165, 1.54) is 5.39 Å². The summed E-state index contributed by atoms with van der Waals surface area (Å²) < 4.78 is 13.4. The summed E-state index contributed by atoms with van der Waals surface area (Å²) in [6.07, 6.45) is 0. The van der Waals surface area contributed by atoms with Gasteiger partial charge in [-0.1, -0.05) is 133 Å². The van der Waals surface area contributed by atoms with Crippen LogP contribution in [0.15, 0.2) is 185 Å². The van der Waals surface area contributed by atoms with E-state index in [0.717, 1.165) is 88.6 Å². The predicted octanol–water partition coefficient (Wildman–Crippen LogP) is 13.4. The van der Waals surface area contributed by atoms with Crippen LogP contribution >= 0.6 is 0 Å². The molecule has 3 nitrogen and oxygen atoms in total. The van der Waals surface area contributed by atoms with Crippen LogP contribution in [0.3, 0.4) is 0 Å². The molecule has 0 amide bonds. The highest BCUT2D eigenvalue weighted by molar-refractivity contribution is 6.20. The molecule has 230 valence electrons. The summed E-state index contributed by atoms with van der Waals surface area (Å²) in [4.78, 5) is 2.28. The second kappa shape index (κ2) is 11.0. The van der Waals surface area contributed by atoms with Gasteiger partial charge < -0.3 is 13.7 Å². The zero-order valence-corrected chi connectivity index (χ0v) is 26.5. The summed E-state index contributed by atoms with van der Waals surface area (Å²) in [6.45, 7) is 0. The van der Waals surface area contributed by atoms with E-state index in [4.69, 9.17) is 8.83 Å². The monoisotopic (exact) mass is 627 g/mol. The summed E-state index contributed by atoms with van der Waals surface area (Å²) in [6, 6.07) is 61.8. The van der Waals surface area contributed by atoms with Crippen molar-refractivity contribution in [3.8, 4) is 22.3 Å². The maximum absolute atomic E-state index is 7.05. The summed E-state index contributed by atoms with van der Waals surface area (Å²) in [7, 11) is 0. The van der Waals surface area contributed by atoms with Crippen molar-refractivity contribution in [2.75, 3.05) is 4.90 Å². The molecule has 0 aliphatic carbocycles. The molecule has 0 fully saturated rings. The molecule has 0 atom stereocenters. The van der Waals surface area contributed by atoms with Gasteiger partial charge in [-0.2, -0.15) is 0 Å². The molecule has 10 rings (SSSR count). The smallest absolute Gasteiger partial charge is 0.159 e. The molecule has 0 N–H and O–H groups in total. The molecule has 0 aliphatic rings. The van der Waals surface area contributed by atoms with Crippen molar-refractivity contribution in [1.29, 1.82) is 0 Å². The Hall–Kier alpha value is -6.58. The molecule has 0 aliphatic heterocycles. The van der Waals surface area contributed by atoms with Crippen molar-refractivity contribution in [3.05, 3.63) is 176 Å². The van der Waals surface area contributed by atoms with Crippen LogP contribution in [0.5, 0.6) is 0 Å². The fourth-order valence-corrected chi connectivity index (χ4v) is 7.42. The number of para-hydroxylation sites is 5. The number of fused-ring (bicyclic) bond motifs is 7. The van der Waals surface area contributed by atoms with E-state index >= 15 is 0 Å². The zero-order valence-electron chi connectivity index (χ0n) is 26.5. The fourth-order valence-electron chi connectivity index (χ4n) is 7.42. The van der Waals surface area contributed by atoms with Crippen LogP contribution in [-0.4, -0.2) is 0 Å². The van der Waals surface area contributed by atoms with Crippen LogP contribution in [0.25, 0.3) is 76.9 Å². The molecule has 0 bridgehead atoms. The van der Waals surface area contributed by atoms with Crippen LogP contribution in [0.2, 0.25) is 0 Å². The Balaban J connectivity index is 1.18. The first-order chi connectivity index (χ1) is 24.3. The van der Waals surface area contributed by atoms with Crippen LogP contribution in [0, 0.1) is 0 Å². The molecule has 3 heteroatoms. The third-order valence-electron chi connectivity index (χ3n) is 9.65. The molecular weight excluding hydrogens is 599 g/mol. The Morgan fingerprint density at radius 2 is 0.959 bits per heavy atom. The lowest BCUT2D eigenvalue weighted by atomic mass is 9.93. The number of rotatable bonds is 5. The Morgan fingerprint density at radius 1 is 0.367 bits per heavy atom. The lowest BCUT2D eigenvalue weighted by Gasteiger charge is -2.25. The van der Waals surface area contributed by atoms with E-state index in [-0.39, 0.29) is 0 Å². The van der Waals surface area contributed by atoms with Gasteiger partial charge in [-0.05, 0) is 64.4 Å². The van der Waals surface area contributed by atoms with E-state index in [0.29, 0.717) is 0 Å². The molecule has 2 heterocycles. The molecular formula is C46H29NO2. The van der Waals surface area contributed by atoms with Gasteiger partial charge in [0.25, 0.3) is 0 Å². The molecule has 49 heavy (non-hydrogen) atoms.